The van der Waals surface area contributed by atoms with Crippen molar-refractivity contribution in [3.8, 4) is 5.75 Å². The first-order valence-corrected chi connectivity index (χ1v) is 4.87. The standard InChI is InChI=1S/C11H15N3O3/c1-17-9-4-2-8(3-5-9)6-14(13)11(16)10(12)7-15/h2-5,7,15H,6,12-13H2,1H3/b10-7-. The minimum Gasteiger partial charge on any atom is -0.513 e. The van der Waals surface area contributed by atoms with Crippen LogP contribution in [0.4, 0.5) is 0 Å². The molecule has 1 rings (SSSR count). The quantitative estimate of drug-likeness (QED) is 0.229. The van der Waals surface area contributed by atoms with Crippen LogP contribution < -0.4 is 16.3 Å². The summed E-state index contributed by atoms with van der Waals surface area (Å²) in [5, 5.41) is 9.50. The predicted molar refractivity (Wildman–Crippen MR) is 62.6 cm³/mol. The molecule has 6 heteroatoms. The van der Waals surface area contributed by atoms with Crippen LogP contribution in [0, 0.1) is 0 Å². The Bertz CT molecular complexity index is 414. The van der Waals surface area contributed by atoms with Gasteiger partial charge in [-0.05, 0) is 17.7 Å². The lowest BCUT2D eigenvalue weighted by Crippen LogP contribution is -2.39. The Labute approximate surface area is 99.0 Å². The molecule has 0 saturated carbocycles. The van der Waals surface area contributed by atoms with Gasteiger partial charge in [0, 0.05) is 0 Å². The van der Waals surface area contributed by atoms with Crippen LogP contribution in [-0.4, -0.2) is 23.1 Å². The second kappa shape index (κ2) is 5.76. The van der Waals surface area contributed by atoms with Crippen LogP contribution in [0.25, 0.3) is 0 Å². The van der Waals surface area contributed by atoms with Gasteiger partial charge in [-0.3, -0.25) is 9.80 Å². The van der Waals surface area contributed by atoms with Crippen molar-refractivity contribution in [2.24, 2.45) is 11.6 Å². The predicted octanol–water partition coefficient (Wildman–Crippen LogP) is 0.256. The second-order valence-electron chi connectivity index (χ2n) is 3.37. The van der Waals surface area contributed by atoms with E-state index in [0.29, 0.717) is 6.26 Å². The molecular formula is C11H15N3O3. The van der Waals surface area contributed by atoms with E-state index in [1.807, 2.05) is 0 Å². The number of aliphatic hydroxyl groups is 1. The normalized spacial score (nSPS) is 11.1. The van der Waals surface area contributed by atoms with Crippen molar-refractivity contribution in [3.05, 3.63) is 41.8 Å². The maximum absolute atomic E-state index is 11.4. The number of rotatable bonds is 4. The lowest BCUT2D eigenvalue weighted by Gasteiger charge is -2.16. The molecule has 0 aliphatic carbocycles. The zero-order valence-corrected chi connectivity index (χ0v) is 9.46. The van der Waals surface area contributed by atoms with Crippen LogP contribution in [0.5, 0.6) is 5.75 Å². The highest BCUT2D eigenvalue weighted by Gasteiger charge is 2.12. The average molecular weight is 237 g/mol. The Morgan fingerprint density at radius 2 is 2.06 bits per heavy atom. The summed E-state index contributed by atoms with van der Waals surface area (Å²) in [6.45, 7) is 0.192. The summed E-state index contributed by atoms with van der Waals surface area (Å²) in [5.41, 5.74) is 5.76. The molecule has 17 heavy (non-hydrogen) atoms. The highest BCUT2D eigenvalue weighted by molar-refractivity contribution is 5.91. The van der Waals surface area contributed by atoms with Gasteiger partial charge in [-0.1, -0.05) is 12.1 Å². The van der Waals surface area contributed by atoms with Gasteiger partial charge in [0.15, 0.2) is 0 Å². The number of ether oxygens (including phenoxy) is 1. The van der Waals surface area contributed by atoms with Crippen molar-refractivity contribution in [3.63, 3.8) is 0 Å². The van der Waals surface area contributed by atoms with Crippen molar-refractivity contribution in [1.29, 1.82) is 0 Å². The number of carbonyl (C=O) groups is 1. The molecule has 0 spiro atoms. The number of hydrogen-bond acceptors (Lipinski definition) is 5. The Morgan fingerprint density at radius 3 is 2.53 bits per heavy atom. The van der Waals surface area contributed by atoms with Crippen LogP contribution >= 0.6 is 0 Å². The zero-order chi connectivity index (χ0) is 12.8. The number of hydrazine groups is 1. The van der Waals surface area contributed by atoms with Crippen LogP contribution in [-0.2, 0) is 11.3 Å². The molecule has 0 fully saturated rings. The highest BCUT2D eigenvalue weighted by atomic mass is 16.5. The van der Waals surface area contributed by atoms with E-state index in [1.54, 1.807) is 31.4 Å². The molecule has 0 aromatic heterocycles. The molecule has 0 unspecified atom stereocenters. The maximum Gasteiger partial charge on any atom is 0.287 e. The molecule has 1 aromatic carbocycles. The van der Waals surface area contributed by atoms with E-state index in [4.69, 9.17) is 21.4 Å². The number of amides is 1. The molecule has 0 aliphatic rings. The van der Waals surface area contributed by atoms with Crippen LogP contribution in [0.1, 0.15) is 5.56 Å². The number of nitrogens with zero attached hydrogens (tertiary/aromatic N) is 1. The summed E-state index contributed by atoms with van der Waals surface area (Å²) < 4.78 is 5.00. The zero-order valence-electron chi connectivity index (χ0n) is 9.46. The largest absolute Gasteiger partial charge is 0.513 e. The fraction of sp³-hybridized carbons (Fsp3) is 0.182. The lowest BCUT2D eigenvalue weighted by atomic mass is 10.2. The monoisotopic (exact) mass is 237 g/mol. The van der Waals surface area contributed by atoms with E-state index in [0.717, 1.165) is 16.3 Å². The van der Waals surface area contributed by atoms with Gasteiger partial charge in [0.05, 0.1) is 13.7 Å². The summed E-state index contributed by atoms with van der Waals surface area (Å²) in [6.07, 6.45) is 0.524. The summed E-state index contributed by atoms with van der Waals surface area (Å²) >= 11 is 0. The van der Waals surface area contributed by atoms with Gasteiger partial charge < -0.3 is 15.6 Å². The number of carbonyl (C=O) groups excluding carboxylic acids is 1. The number of nitrogens with two attached hydrogens (primary N) is 2. The Kier molecular flexibility index (Phi) is 4.36. The first-order chi connectivity index (χ1) is 8.08. The summed E-state index contributed by atoms with van der Waals surface area (Å²) in [4.78, 5) is 11.4. The van der Waals surface area contributed by atoms with Crippen molar-refractivity contribution < 1.29 is 14.6 Å². The van der Waals surface area contributed by atoms with E-state index in [9.17, 15) is 4.79 Å². The van der Waals surface area contributed by atoms with Crippen molar-refractivity contribution in [2.75, 3.05) is 7.11 Å². The summed E-state index contributed by atoms with van der Waals surface area (Å²) in [6, 6.07) is 7.09. The van der Waals surface area contributed by atoms with Gasteiger partial charge >= 0.3 is 0 Å². The van der Waals surface area contributed by atoms with Crippen LogP contribution in [0.2, 0.25) is 0 Å². The minimum atomic E-state index is -0.636. The third-order valence-electron chi connectivity index (χ3n) is 2.16. The van der Waals surface area contributed by atoms with Gasteiger partial charge in [0.25, 0.3) is 5.91 Å². The highest BCUT2D eigenvalue weighted by Crippen LogP contribution is 2.12. The Morgan fingerprint density at radius 1 is 1.47 bits per heavy atom. The molecule has 0 radical (unpaired) electrons. The number of aliphatic hydroxyl groups excluding tert-OH is 1. The molecule has 92 valence electrons. The molecule has 0 saturated heterocycles. The van der Waals surface area contributed by atoms with E-state index in [-0.39, 0.29) is 12.2 Å². The number of hydrogen-bond donors (Lipinski definition) is 3. The summed E-state index contributed by atoms with van der Waals surface area (Å²) in [5.74, 6) is 5.60. The third-order valence-corrected chi connectivity index (χ3v) is 2.16. The average Bonchev–Trinajstić information content (AvgIpc) is 2.37. The van der Waals surface area contributed by atoms with E-state index in [1.165, 1.54) is 0 Å². The van der Waals surface area contributed by atoms with Gasteiger partial charge in [-0.2, -0.15) is 0 Å². The minimum absolute atomic E-state index is 0.192. The Balaban J connectivity index is 2.67. The number of benzene rings is 1. The van der Waals surface area contributed by atoms with E-state index < -0.39 is 5.91 Å². The van der Waals surface area contributed by atoms with E-state index in [2.05, 4.69) is 0 Å². The molecular weight excluding hydrogens is 222 g/mol. The van der Waals surface area contributed by atoms with Crippen LogP contribution in [0.3, 0.4) is 0 Å². The molecule has 0 aliphatic heterocycles. The van der Waals surface area contributed by atoms with Gasteiger partial charge in [-0.15, -0.1) is 0 Å². The first-order valence-electron chi connectivity index (χ1n) is 4.87. The Hall–Kier alpha value is -2.21. The fourth-order valence-corrected chi connectivity index (χ4v) is 1.22. The van der Waals surface area contributed by atoms with Crippen molar-refractivity contribution in [1.82, 2.24) is 5.01 Å². The van der Waals surface area contributed by atoms with E-state index >= 15 is 0 Å². The smallest absolute Gasteiger partial charge is 0.287 e. The first kappa shape index (κ1) is 12.9. The molecule has 6 nitrogen and oxygen atoms in total. The summed E-state index contributed by atoms with van der Waals surface area (Å²) in [7, 11) is 1.57. The molecule has 1 amide bonds. The molecule has 0 heterocycles. The molecule has 0 bridgehead atoms. The van der Waals surface area contributed by atoms with Crippen LogP contribution in [0.15, 0.2) is 36.2 Å². The second-order valence-corrected chi connectivity index (χ2v) is 3.37. The van der Waals surface area contributed by atoms with Crippen molar-refractivity contribution in [2.45, 2.75) is 6.54 Å². The van der Waals surface area contributed by atoms with Crippen molar-refractivity contribution >= 4 is 5.91 Å². The molecule has 0 atom stereocenters. The fourth-order valence-electron chi connectivity index (χ4n) is 1.22. The van der Waals surface area contributed by atoms with Gasteiger partial charge in [0.2, 0.25) is 0 Å². The molecule has 1 aromatic rings. The topological polar surface area (TPSA) is 102 Å². The van der Waals surface area contributed by atoms with Gasteiger partial charge in [-0.25, -0.2) is 5.84 Å². The maximum atomic E-state index is 11.4. The third kappa shape index (κ3) is 3.39. The lowest BCUT2D eigenvalue weighted by molar-refractivity contribution is -0.128. The number of methoxy groups -OCH3 is 1. The van der Waals surface area contributed by atoms with Gasteiger partial charge in [0.1, 0.15) is 17.7 Å². The molecule has 5 N–H and O–H groups in total. The SMILES string of the molecule is COc1ccc(CN(N)C(=O)/C(N)=C/O)cc1.